The number of alkyl halides is 3. The van der Waals surface area contributed by atoms with E-state index in [-0.39, 0.29) is 31.0 Å². The first-order valence-electron chi connectivity index (χ1n) is 12.4. The van der Waals surface area contributed by atoms with Crippen LogP contribution < -0.4 is 0 Å². The zero-order valence-corrected chi connectivity index (χ0v) is 20.1. The number of carbonyl (C=O) groups excluding carboxylic acids is 1. The van der Waals surface area contributed by atoms with Crippen LogP contribution in [0.3, 0.4) is 0 Å². The molecule has 9 heteroatoms. The number of halogens is 3. The maximum Gasteiger partial charge on any atom is 0.417 e. The number of fused-ring (bicyclic) bond motifs is 1. The van der Waals surface area contributed by atoms with Crippen molar-refractivity contribution in [3.63, 3.8) is 0 Å². The van der Waals surface area contributed by atoms with Crippen molar-refractivity contribution in [1.29, 1.82) is 0 Å². The van der Waals surface area contributed by atoms with Crippen LogP contribution in [0.1, 0.15) is 62.8 Å². The molecule has 34 heavy (non-hydrogen) atoms. The van der Waals surface area contributed by atoms with E-state index >= 15 is 0 Å². The molecule has 3 aliphatic rings. The molecule has 1 unspecified atom stereocenters. The van der Waals surface area contributed by atoms with Crippen molar-refractivity contribution in [3.8, 4) is 0 Å². The van der Waals surface area contributed by atoms with Crippen LogP contribution in [0, 0.1) is 11.3 Å². The molecule has 0 radical (unpaired) electrons. The van der Waals surface area contributed by atoms with E-state index in [2.05, 4.69) is 23.7 Å². The average molecular weight is 484 g/mol. The number of hydrogen-bond donors (Lipinski definition) is 1. The van der Waals surface area contributed by atoms with Gasteiger partial charge in [0, 0.05) is 63.2 Å². The van der Waals surface area contributed by atoms with E-state index in [1.54, 1.807) is 4.90 Å². The average Bonchev–Trinajstić information content (AvgIpc) is 3.28. The maximum absolute atomic E-state index is 14.0. The fourth-order valence-electron chi connectivity index (χ4n) is 6.16. The molecule has 1 aromatic heterocycles. The lowest BCUT2D eigenvalue weighted by molar-refractivity contribution is -0.146. The Morgan fingerprint density at radius 1 is 1.29 bits per heavy atom. The van der Waals surface area contributed by atoms with Crippen molar-refractivity contribution < 1.29 is 27.8 Å². The summed E-state index contributed by atoms with van der Waals surface area (Å²) in [7, 11) is 0. The Morgan fingerprint density at radius 2 is 2.03 bits per heavy atom. The number of aliphatic hydroxyl groups is 1. The topological polar surface area (TPSA) is 65.9 Å². The summed E-state index contributed by atoms with van der Waals surface area (Å²) < 4.78 is 45.2. The second-order valence-electron chi connectivity index (χ2n) is 10.3. The normalized spacial score (nSPS) is 26.4. The number of aliphatic hydroxyl groups excluding tert-OH is 1. The molecule has 2 aliphatic heterocycles. The van der Waals surface area contributed by atoms with Crippen LogP contribution in [-0.2, 0) is 28.7 Å². The number of pyridine rings is 1. The first-order valence-corrected chi connectivity index (χ1v) is 12.4. The summed E-state index contributed by atoms with van der Waals surface area (Å²) in [6, 6.07) is 1.70. The summed E-state index contributed by atoms with van der Waals surface area (Å²) in [4.78, 5) is 22.1. The van der Waals surface area contributed by atoms with Gasteiger partial charge in [-0.05, 0) is 49.7 Å². The molecule has 190 valence electrons. The molecule has 0 bridgehead atoms. The van der Waals surface area contributed by atoms with Gasteiger partial charge in [-0.25, -0.2) is 0 Å². The molecule has 1 aliphatic carbocycles. The number of amides is 1. The molecule has 1 aromatic rings. The van der Waals surface area contributed by atoms with Gasteiger partial charge >= 0.3 is 6.18 Å². The second-order valence-corrected chi connectivity index (χ2v) is 10.3. The van der Waals surface area contributed by atoms with E-state index in [0.29, 0.717) is 56.4 Å². The predicted octanol–water partition coefficient (Wildman–Crippen LogP) is 3.65. The van der Waals surface area contributed by atoms with Crippen molar-refractivity contribution in [1.82, 2.24) is 14.8 Å². The van der Waals surface area contributed by atoms with Crippen LogP contribution >= 0.6 is 0 Å². The van der Waals surface area contributed by atoms with Gasteiger partial charge in [0.25, 0.3) is 0 Å². The Kier molecular flexibility index (Phi) is 7.55. The van der Waals surface area contributed by atoms with Gasteiger partial charge < -0.3 is 14.7 Å². The summed E-state index contributed by atoms with van der Waals surface area (Å²) in [5.41, 5.74) is -0.174. The third kappa shape index (κ3) is 4.97. The smallest absolute Gasteiger partial charge is 0.395 e. The van der Waals surface area contributed by atoms with E-state index in [1.165, 1.54) is 0 Å². The highest BCUT2D eigenvalue weighted by Crippen LogP contribution is 2.48. The van der Waals surface area contributed by atoms with Crippen LogP contribution in [0.4, 0.5) is 13.2 Å². The van der Waals surface area contributed by atoms with Gasteiger partial charge in [-0.1, -0.05) is 13.8 Å². The van der Waals surface area contributed by atoms with Gasteiger partial charge in [0.05, 0.1) is 17.6 Å². The van der Waals surface area contributed by atoms with E-state index in [4.69, 9.17) is 4.74 Å². The summed E-state index contributed by atoms with van der Waals surface area (Å²) in [5.74, 6) is 0.153. The van der Waals surface area contributed by atoms with Crippen LogP contribution in [0.5, 0.6) is 0 Å². The molecule has 0 aromatic carbocycles. The monoisotopic (exact) mass is 483 g/mol. The van der Waals surface area contributed by atoms with E-state index in [1.807, 2.05) is 0 Å². The Hall–Kier alpha value is -1.71. The molecule has 3 heterocycles. The van der Waals surface area contributed by atoms with Gasteiger partial charge in [0.2, 0.25) is 5.91 Å². The third-order valence-corrected chi connectivity index (χ3v) is 8.20. The molecule has 6 nitrogen and oxygen atoms in total. The highest BCUT2D eigenvalue weighted by molar-refractivity contribution is 5.83. The van der Waals surface area contributed by atoms with Gasteiger partial charge in [-0.2, -0.15) is 13.2 Å². The number of ether oxygens (including phenoxy) is 1. The molecule has 1 saturated carbocycles. The number of nitrogens with zero attached hydrogens (tertiary/aromatic N) is 3. The largest absolute Gasteiger partial charge is 0.417 e. The molecule has 4 rings (SSSR count). The van der Waals surface area contributed by atoms with Gasteiger partial charge in [0.1, 0.15) is 0 Å². The van der Waals surface area contributed by atoms with Crippen LogP contribution in [0.25, 0.3) is 0 Å². The minimum Gasteiger partial charge on any atom is -0.395 e. The van der Waals surface area contributed by atoms with Crippen molar-refractivity contribution in [3.05, 3.63) is 29.1 Å². The predicted molar refractivity (Wildman–Crippen MR) is 121 cm³/mol. The van der Waals surface area contributed by atoms with Crippen molar-refractivity contribution in [2.75, 3.05) is 32.9 Å². The summed E-state index contributed by atoms with van der Waals surface area (Å²) >= 11 is 0. The number of rotatable bonds is 6. The molecular formula is C25H36F3N3O3. The maximum atomic E-state index is 14.0. The summed E-state index contributed by atoms with van der Waals surface area (Å²) in [6.45, 7) is 6.89. The molecular weight excluding hydrogens is 447 g/mol. The fraction of sp³-hybridized carbons (Fsp3) is 0.760. The minimum absolute atomic E-state index is 0.0454. The van der Waals surface area contributed by atoms with Crippen LogP contribution in [0.15, 0.2) is 12.3 Å². The quantitative estimate of drug-likeness (QED) is 0.669. The van der Waals surface area contributed by atoms with E-state index < -0.39 is 17.2 Å². The lowest BCUT2D eigenvalue weighted by Crippen LogP contribution is -2.50. The second kappa shape index (κ2) is 10.1. The Balaban J connectivity index is 1.53. The lowest BCUT2D eigenvalue weighted by Gasteiger charge is -2.42. The third-order valence-electron chi connectivity index (χ3n) is 8.20. The van der Waals surface area contributed by atoms with E-state index in [0.717, 1.165) is 37.9 Å². The number of hydrogen-bond acceptors (Lipinski definition) is 5. The van der Waals surface area contributed by atoms with Crippen molar-refractivity contribution in [2.24, 2.45) is 11.3 Å². The van der Waals surface area contributed by atoms with E-state index in [9.17, 15) is 23.1 Å². The lowest BCUT2D eigenvalue weighted by atomic mass is 9.73. The summed E-state index contributed by atoms with van der Waals surface area (Å²) in [5, 5.41) is 9.72. The summed E-state index contributed by atoms with van der Waals surface area (Å²) in [6.07, 6.45) is 1.11. The molecule has 1 N–H and O–H groups in total. The first kappa shape index (κ1) is 25.4. The standard InChI is InChI=1S/C25H36F3N3O3/c1-17(2)24(7-3-21(14-24)31(9-10-32)20-5-11-34-12-6-20)23(33)30-8-4-22-18(16-30)13-19(15-29-22)25(26,27)28/h13,15,17,20-21,32H,3-12,14,16H2,1-2H3/t21?,24-/m0/s1. The highest BCUT2D eigenvalue weighted by atomic mass is 19.4. The highest BCUT2D eigenvalue weighted by Gasteiger charge is 2.51. The Morgan fingerprint density at radius 3 is 2.68 bits per heavy atom. The van der Waals surface area contributed by atoms with Gasteiger partial charge in [-0.3, -0.25) is 14.7 Å². The Bertz CT molecular complexity index is 873. The number of aromatic nitrogens is 1. The first-order chi connectivity index (χ1) is 16.2. The Labute approximate surface area is 199 Å². The fourth-order valence-corrected chi connectivity index (χ4v) is 6.16. The molecule has 0 spiro atoms. The minimum atomic E-state index is -4.45. The zero-order valence-electron chi connectivity index (χ0n) is 20.1. The number of carbonyl (C=O) groups is 1. The van der Waals surface area contributed by atoms with Gasteiger partial charge in [0.15, 0.2) is 0 Å². The van der Waals surface area contributed by atoms with Crippen molar-refractivity contribution >= 4 is 5.91 Å². The van der Waals surface area contributed by atoms with Gasteiger partial charge in [-0.15, -0.1) is 0 Å². The molecule has 2 fully saturated rings. The molecule has 1 amide bonds. The van der Waals surface area contributed by atoms with Crippen LogP contribution in [-0.4, -0.2) is 70.8 Å². The van der Waals surface area contributed by atoms with Crippen molar-refractivity contribution in [2.45, 2.75) is 77.2 Å². The SMILES string of the molecule is CC(C)[C@]1(C(=O)N2CCc3ncc(C(F)(F)F)cc3C2)CCC(N(CCO)C2CCOCC2)C1. The van der Waals surface area contributed by atoms with Crippen LogP contribution in [0.2, 0.25) is 0 Å². The molecule has 2 atom stereocenters. The zero-order chi connectivity index (χ0) is 24.5. The molecule has 1 saturated heterocycles.